The van der Waals surface area contributed by atoms with E-state index in [2.05, 4.69) is 10.6 Å². The highest BCUT2D eigenvalue weighted by Gasteiger charge is 2.14. The van der Waals surface area contributed by atoms with Gasteiger partial charge in [-0.05, 0) is 40.3 Å². The molecule has 0 aliphatic heterocycles. The molecule has 1 heterocycles. The highest BCUT2D eigenvalue weighted by atomic mass is 32.1. The minimum atomic E-state index is -0.248. The lowest BCUT2D eigenvalue weighted by molar-refractivity contribution is 0.0951. The van der Waals surface area contributed by atoms with Crippen LogP contribution in [0.3, 0.4) is 0 Å². The van der Waals surface area contributed by atoms with E-state index in [0.717, 1.165) is 16.7 Å². The minimum Gasteiger partial charge on any atom is -0.372 e. The number of amides is 2. The van der Waals surface area contributed by atoms with E-state index in [1.165, 1.54) is 11.3 Å². The average molecular weight is 457 g/mol. The Bertz CT molecular complexity index is 1210. The number of hydrogen-bond donors (Lipinski definition) is 2. The summed E-state index contributed by atoms with van der Waals surface area (Å²) in [5.74, 6) is -0.485. The normalized spacial score (nSPS) is 10.5. The Balaban J connectivity index is 1.33. The van der Waals surface area contributed by atoms with Gasteiger partial charge in [0.15, 0.2) is 0 Å². The molecule has 0 atom stereocenters. The summed E-state index contributed by atoms with van der Waals surface area (Å²) < 4.78 is 5.81. The number of carbonyl (C=O) groups excluding carboxylic acids is 2. The van der Waals surface area contributed by atoms with Crippen molar-refractivity contribution < 1.29 is 14.3 Å². The molecule has 0 saturated carbocycles. The molecular formula is C27H24N2O3S. The fraction of sp³-hybridized carbons (Fsp3) is 0.111. The Kier molecular flexibility index (Phi) is 7.64. The van der Waals surface area contributed by atoms with Crippen molar-refractivity contribution in [3.8, 4) is 0 Å². The summed E-state index contributed by atoms with van der Waals surface area (Å²) in [6.07, 6.45) is 0. The van der Waals surface area contributed by atoms with Crippen molar-refractivity contribution in [3.05, 3.63) is 124 Å². The molecule has 0 aliphatic carbocycles. The van der Waals surface area contributed by atoms with Crippen LogP contribution in [-0.2, 0) is 24.5 Å². The molecule has 0 saturated heterocycles. The molecule has 3 aromatic carbocycles. The average Bonchev–Trinajstić information content (AvgIpc) is 3.39. The SMILES string of the molecule is O=C(Nc1ccccc1C(=O)NCc1cccc(COCc2ccccc2)c1)c1ccsc1. The van der Waals surface area contributed by atoms with Crippen LogP contribution in [-0.4, -0.2) is 11.8 Å². The second-order valence-corrected chi connectivity index (χ2v) is 8.27. The summed E-state index contributed by atoms with van der Waals surface area (Å²) in [5, 5.41) is 9.39. The molecule has 2 N–H and O–H groups in total. The van der Waals surface area contributed by atoms with E-state index in [-0.39, 0.29) is 11.8 Å². The molecule has 4 aromatic rings. The van der Waals surface area contributed by atoms with E-state index < -0.39 is 0 Å². The Morgan fingerprint density at radius 1 is 0.758 bits per heavy atom. The van der Waals surface area contributed by atoms with Crippen LogP contribution in [0.15, 0.2) is 95.7 Å². The van der Waals surface area contributed by atoms with Crippen LogP contribution < -0.4 is 10.6 Å². The Labute approximate surface area is 197 Å². The zero-order valence-electron chi connectivity index (χ0n) is 18.0. The van der Waals surface area contributed by atoms with Gasteiger partial charge in [-0.2, -0.15) is 11.3 Å². The number of benzene rings is 3. The highest BCUT2D eigenvalue weighted by Crippen LogP contribution is 2.18. The largest absolute Gasteiger partial charge is 0.372 e. The molecule has 5 nitrogen and oxygen atoms in total. The number of anilines is 1. The molecule has 0 bridgehead atoms. The molecule has 166 valence electrons. The minimum absolute atomic E-state index is 0.236. The Morgan fingerprint density at radius 2 is 1.48 bits per heavy atom. The molecule has 6 heteroatoms. The number of para-hydroxylation sites is 1. The molecule has 0 unspecified atom stereocenters. The maximum atomic E-state index is 12.8. The van der Waals surface area contributed by atoms with Gasteiger partial charge in [0, 0.05) is 11.9 Å². The lowest BCUT2D eigenvalue weighted by Gasteiger charge is -2.12. The summed E-state index contributed by atoms with van der Waals surface area (Å²) in [4.78, 5) is 25.2. The van der Waals surface area contributed by atoms with Gasteiger partial charge in [0.1, 0.15) is 0 Å². The first-order valence-electron chi connectivity index (χ1n) is 10.6. The lowest BCUT2D eigenvalue weighted by atomic mass is 10.1. The smallest absolute Gasteiger partial charge is 0.256 e. The van der Waals surface area contributed by atoms with E-state index in [9.17, 15) is 9.59 Å². The maximum absolute atomic E-state index is 12.8. The van der Waals surface area contributed by atoms with Gasteiger partial charge < -0.3 is 15.4 Å². The Hall–Kier alpha value is -3.74. The fourth-order valence-corrected chi connectivity index (χ4v) is 3.98. The van der Waals surface area contributed by atoms with Crippen LogP contribution in [0.1, 0.15) is 37.4 Å². The summed E-state index contributed by atoms with van der Waals surface area (Å²) in [6.45, 7) is 1.42. The van der Waals surface area contributed by atoms with E-state index in [1.807, 2.05) is 60.0 Å². The van der Waals surface area contributed by atoms with Crippen LogP contribution in [0.2, 0.25) is 0 Å². The number of carbonyl (C=O) groups is 2. The molecule has 0 fully saturated rings. The second-order valence-electron chi connectivity index (χ2n) is 7.49. The zero-order chi connectivity index (χ0) is 22.9. The molecule has 0 spiro atoms. The van der Waals surface area contributed by atoms with Gasteiger partial charge in [-0.15, -0.1) is 0 Å². The molecule has 33 heavy (non-hydrogen) atoms. The zero-order valence-corrected chi connectivity index (χ0v) is 18.8. The van der Waals surface area contributed by atoms with Gasteiger partial charge >= 0.3 is 0 Å². The third-order valence-corrected chi connectivity index (χ3v) is 5.71. The Morgan fingerprint density at radius 3 is 2.30 bits per heavy atom. The summed E-state index contributed by atoms with van der Waals surface area (Å²) in [7, 11) is 0. The van der Waals surface area contributed by atoms with Gasteiger partial charge in [-0.1, -0.05) is 66.7 Å². The molecule has 0 aliphatic rings. The van der Waals surface area contributed by atoms with Crippen LogP contribution in [0, 0.1) is 0 Å². The van der Waals surface area contributed by atoms with E-state index >= 15 is 0 Å². The maximum Gasteiger partial charge on any atom is 0.256 e. The van der Waals surface area contributed by atoms with E-state index in [1.54, 1.807) is 35.7 Å². The summed E-state index contributed by atoms with van der Waals surface area (Å²) >= 11 is 1.45. The summed E-state index contributed by atoms with van der Waals surface area (Å²) in [6, 6.07) is 26.7. The second kappa shape index (κ2) is 11.2. The highest BCUT2D eigenvalue weighted by molar-refractivity contribution is 7.08. The predicted octanol–water partition coefficient (Wildman–Crippen LogP) is 5.65. The molecule has 0 radical (unpaired) electrons. The number of hydrogen-bond acceptors (Lipinski definition) is 4. The van der Waals surface area contributed by atoms with E-state index in [0.29, 0.717) is 36.6 Å². The molecular weight excluding hydrogens is 432 g/mol. The number of thiophene rings is 1. The third kappa shape index (κ3) is 6.38. The van der Waals surface area contributed by atoms with Gasteiger partial charge in [0.2, 0.25) is 0 Å². The van der Waals surface area contributed by atoms with Gasteiger partial charge in [-0.25, -0.2) is 0 Å². The van der Waals surface area contributed by atoms with Crippen molar-refractivity contribution in [1.82, 2.24) is 5.32 Å². The first-order valence-corrected chi connectivity index (χ1v) is 11.5. The lowest BCUT2D eigenvalue weighted by Crippen LogP contribution is -2.24. The molecule has 4 rings (SSSR count). The number of rotatable bonds is 9. The van der Waals surface area contributed by atoms with E-state index in [4.69, 9.17) is 4.74 Å². The van der Waals surface area contributed by atoms with Crippen LogP contribution in [0.25, 0.3) is 0 Å². The van der Waals surface area contributed by atoms with Crippen LogP contribution >= 0.6 is 11.3 Å². The van der Waals surface area contributed by atoms with Crippen LogP contribution in [0.5, 0.6) is 0 Å². The first-order chi connectivity index (χ1) is 16.2. The fourth-order valence-electron chi connectivity index (χ4n) is 3.35. The van der Waals surface area contributed by atoms with Crippen molar-refractivity contribution in [2.24, 2.45) is 0 Å². The number of nitrogens with one attached hydrogen (secondary N) is 2. The van der Waals surface area contributed by atoms with Crippen LogP contribution in [0.4, 0.5) is 5.69 Å². The number of ether oxygens (including phenoxy) is 1. The van der Waals surface area contributed by atoms with Crippen molar-refractivity contribution >= 4 is 28.8 Å². The van der Waals surface area contributed by atoms with Crippen molar-refractivity contribution in [2.45, 2.75) is 19.8 Å². The van der Waals surface area contributed by atoms with Crippen molar-refractivity contribution in [2.75, 3.05) is 5.32 Å². The molecule has 2 amide bonds. The first kappa shape index (κ1) is 22.5. The van der Waals surface area contributed by atoms with Crippen molar-refractivity contribution in [3.63, 3.8) is 0 Å². The van der Waals surface area contributed by atoms with Gasteiger partial charge in [0.05, 0.1) is 30.0 Å². The van der Waals surface area contributed by atoms with Gasteiger partial charge in [0.25, 0.3) is 11.8 Å². The summed E-state index contributed by atoms with van der Waals surface area (Å²) in [5.41, 5.74) is 4.62. The monoisotopic (exact) mass is 456 g/mol. The predicted molar refractivity (Wildman–Crippen MR) is 131 cm³/mol. The molecule has 1 aromatic heterocycles. The van der Waals surface area contributed by atoms with Gasteiger partial charge in [-0.3, -0.25) is 9.59 Å². The van der Waals surface area contributed by atoms with Crippen molar-refractivity contribution in [1.29, 1.82) is 0 Å². The third-order valence-electron chi connectivity index (χ3n) is 5.03. The topological polar surface area (TPSA) is 67.4 Å². The quantitative estimate of drug-likeness (QED) is 0.342. The standard InChI is InChI=1S/C27H24N2O3S/c30-26(23-13-14-33-19-23)29-25-12-5-4-11-24(25)27(31)28-16-21-9-6-10-22(15-21)18-32-17-20-7-2-1-3-8-20/h1-15,19H,16-18H2,(H,28,31)(H,29,30).